The molecule has 2 aromatic rings. The molecule has 1 aromatic heterocycles. The van der Waals surface area contributed by atoms with E-state index in [1.807, 2.05) is 0 Å². The van der Waals surface area contributed by atoms with Crippen LogP contribution in [0.2, 0.25) is 0 Å². The minimum Gasteiger partial charge on any atom is -0.462 e. The van der Waals surface area contributed by atoms with E-state index in [1.54, 1.807) is 13.0 Å². The summed E-state index contributed by atoms with van der Waals surface area (Å²) in [5.41, 5.74) is 1.02. The molecule has 0 saturated heterocycles. The number of ether oxygens (including phenoxy) is 1. The molecule has 0 saturated carbocycles. The molecule has 0 unspecified atom stereocenters. The van der Waals surface area contributed by atoms with Crippen molar-refractivity contribution in [3.05, 3.63) is 59.4 Å². The molecule has 1 N–H and O–H groups in total. The average Bonchev–Trinajstić information content (AvgIpc) is 2.88. The quantitative estimate of drug-likeness (QED) is 0.645. The number of aromatic nitrogens is 1. The summed E-state index contributed by atoms with van der Waals surface area (Å²) in [5.74, 6) is -2.14. The lowest BCUT2D eigenvalue weighted by Crippen LogP contribution is -2.37. The monoisotopic (exact) mass is 353 g/mol. The number of benzene rings is 1. The van der Waals surface area contributed by atoms with Gasteiger partial charge in [-0.3, -0.25) is 24.3 Å². The Balaban J connectivity index is 1.64. The average molecular weight is 353 g/mol. The molecule has 3 amide bonds. The summed E-state index contributed by atoms with van der Waals surface area (Å²) >= 11 is 0. The molecule has 1 aliphatic rings. The first-order chi connectivity index (χ1) is 12.5. The molecular weight excluding hydrogens is 338 g/mol. The summed E-state index contributed by atoms with van der Waals surface area (Å²) in [6.45, 7) is 1.56. The molecule has 8 heteroatoms. The zero-order chi connectivity index (χ0) is 18.7. The summed E-state index contributed by atoms with van der Waals surface area (Å²) in [7, 11) is 0. The number of carbonyl (C=O) groups excluding carboxylic acids is 4. The van der Waals surface area contributed by atoms with Crippen LogP contribution in [-0.2, 0) is 9.53 Å². The summed E-state index contributed by atoms with van der Waals surface area (Å²) in [4.78, 5) is 52.9. The van der Waals surface area contributed by atoms with E-state index >= 15 is 0 Å². The van der Waals surface area contributed by atoms with Crippen LogP contribution < -0.4 is 5.32 Å². The SMILES string of the molecule is CCOC(=O)c1ccc(NC(=O)CN2C(=O)c3cccnc3C2=O)cc1. The standard InChI is InChI=1S/C18H15N3O5/c1-2-26-18(25)11-5-7-12(8-6-11)20-14(22)10-21-16(23)13-4-3-9-19-15(13)17(21)24/h3-9H,2,10H2,1H3,(H,20,22). The smallest absolute Gasteiger partial charge is 0.338 e. The van der Waals surface area contributed by atoms with Crippen molar-refractivity contribution in [1.29, 1.82) is 0 Å². The van der Waals surface area contributed by atoms with Gasteiger partial charge in [-0.2, -0.15) is 0 Å². The van der Waals surface area contributed by atoms with E-state index in [1.165, 1.54) is 36.5 Å². The van der Waals surface area contributed by atoms with Crippen molar-refractivity contribution in [2.45, 2.75) is 6.92 Å². The maximum absolute atomic E-state index is 12.2. The predicted octanol–water partition coefficient (Wildman–Crippen LogP) is 1.49. The zero-order valence-electron chi connectivity index (χ0n) is 13.9. The Bertz CT molecular complexity index is 857. The van der Waals surface area contributed by atoms with E-state index < -0.39 is 30.2 Å². The number of nitrogens with zero attached hydrogens (tertiary/aromatic N) is 2. The summed E-state index contributed by atoms with van der Waals surface area (Å²) in [6, 6.07) is 9.15. The van der Waals surface area contributed by atoms with Crippen LogP contribution in [0.5, 0.6) is 0 Å². The van der Waals surface area contributed by atoms with Crippen molar-refractivity contribution in [1.82, 2.24) is 9.88 Å². The normalized spacial score (nSPS) is 12.7. The van der Waals surface area contributed by atoms with Crippen LogP contribution in [0, 0.1) is 0 Å². The highest BCUT2D eigenvalue weighted by Crippen LogP contribution is 2.20. The van der Waals surface area contributed by atoms with Gasteiger partial charge in [0.25, 0.3) is 11.8 Å². The fourth-order valence-electron chi connectivity index (χ4n) is 2.51. The molecule has 1 aromatic carbocycles. The predicted molar refractivity (Wildman–Crippen MR) is 90.6 cm³/mol. The lowest BCUT2D eigenvalue weighted by Gasteiger charge is -2.13. The molecule has 26 heavy (non-hydrogen) atoms. The molecule has 0 bridgehead atoms. The number of imide groups is 1. The van der Waals surface area contributed by atoms with Gasteiger partial charge < -0.3 is 10.1 Å². The molecule has 132 valence electrons. The van der Waals surface area contributed by atoms with E-state index in [4.69, 9.17) is 4.74 Å². The molecule has 0 spiro atoms. The summed E-state index contributed by atoms with van der Waals surface area (Å²) in [6.07, 6.45) is 1.42. The van der Waals surface area contributed by atoms with E-state index in [-0.39, 0.29) is 17.9 Å². The van der Waals surface area contributed by atoms with Gasteiger partial charge in [0.05, 0.1) is 17.7 Å². The molecule has 0 aliphatic carbocycles. The lowest BCUT2D eigenvalue weighted by atomic mass is 10.2. The van der Waals surface area contributed by atoms with Gasteiger partial charge in [-0.05, 0) is 43.3 Å². The van der Waals surface area contributed by atoms with Crippen LogP contribution >= 0.6 is 0 Å². The molecule has 0 atom stereocenters. The highest BCUT2D eigenvalue weighted by atomic mass is 16.5. The van der Waals surface area contributed by atoms with Gasteiger partial charge in [-0.1, -0.05) is 0 Å². The first-order valence-corrected chi connectivity index (χ1v) is 7.89. The first-order valence-electron chi connectivity index (χ1n) is 7.89. The Hall–Kier alpha value is -3.55. The van der Waals surface area contributed by atoms with Gasteiger partial charge in [0, 0.05) is 11.9 Å². The maximum atomic E-state index is 12.2. The number of nitrogens with one attached hydrogen (secondary N) is 1. The van der Waals surface area contributed by atoms with Crippen LogP contribution in [0.1, 0.15) is 38.1 Å². The number of hydrogen-bond acceptors (Lipinski definition) is 6. The number of amides is 3. The number of rotatable bonds is 5. The van der Waals surface area contributed by atoms with E-state index in [0.717, 1.165) is 4.90 Å². The van der Waals surface area contributed by atoms with Crippen LogP contribution in [0.25, 0.3) is 0 Å². The molecule has 2 heterocycles. The van der Waals surface area contributed by atoms with E-state index in [0.29, 0.717) is 11.3 Å². The van der Waals surface area contributed by atoms with Crippen LogP contribution in [-0.4, -0.2) is 46.7 Å². The third kappa shape index (κ3) is 3.30. The van der Waals surface area contributed by atoms with Crippen LogP contribution in [0.3, 0.4) is 0 Å². The highest BCUT2D eigenvalue weighted by Gasteiger charge is 2.37. The Kier molecular flexibility index (Phi) is 4.74. The second-order valence-corrected chi connectivity index (χ2v) is 5.44. The maximum Gasteiger partial charge on any atom is 0.338 e. The van der Waals surface area contributed by atoms with Crippen molar-refractivity contribution >= 4 is 29.4 Å². The third-order valence-electron chi connectivity index (χ3n) is 3.71. The van der Waals surface area contributed by atoms with Gasteiger partial charge >= 0.3 is 5.97 Å². The molecule has 1 aliphatic heterocycles. The number of hydrogen-bond donors (Lipinski definition) is 1. The zero-order valence-corrected chi connectivity index (χ0v) is 13.9. The molecule has 3 rings (SSSR count). The fourth-order valence-corrected chi connectivity index (χ4v) is 2.51. The van der Waals surface area contributed by atoms with Crippen molar-refractivity contribution in [2.75, 3.05) is 18.5 Å². The van der Waals surface area contributed by atoms with Crippen molar-refractivity contribution < 1.29 is 23.9 Å². The second-order valence-electron chi connectivity index (χ2n) is 5.44. The molecule has 0 fully saturated rings. The Morgan fingerprint density at radius 3 is 2.50 bits per heavy atom. The Morgan fingerprint density at radius 2 is 1.85 bits per heavy atom. The number of esters is 1. The topological polar surface area (TPSA) is 106 Å². The molecule has 0 radical (unpaired) electrons. The van der Waals surface area contributed by atoms with Gasteiger partial charge in [0.15, 0.2) is 0 Å². The van der Waals surface area contributed by atoms with E-state index in [2.05, 4.69) is 10.3 Å². The second kappa shape index (κ2) is 7.14. The molecule has 8 nitrogen and oxygen atoms in total. The first kappa shape index (κ1) is 17.3. The van der Waals surface area contributed by atoms with Gasteiger partial charge in [-0.15, -0.1) is 0 Å². The van der Waals surface area contributed by atoms with Crippen LogP contribution in [0.4, 0.5) is 5.69 Å². The number of pyridine rings is 1. The summed E-state index contributed by atoms with van der Waals surface area (Å²) in [5, 5.41) is 2.58. The van der Waals surface area contributed by atoms with Crippen molar-refractivity contribution in [3.8, 4) is 0 Å². The van der Waals surface area contributed by atoms with Crippen LogP contribution in [0.15, 0.2) is 42.6 Å². The van der Waals surface area contributed by atoms with Gasteiger partial charge in [0.2, 0.25) is 5.91 Å². The largest absolute Gasteiger partial charge is 0.462 e. The van der Waals surface area contributed by atoms with Crippen molar-refractivity contribution in [2.24, 2.45) is 0 Å². The highest BCUT2D eigenvalue weighted by molar-refractivity contribution is 6.21. The number of fused-ring (bicyclic) bond motifs is 1. The fraction of sp³-hybridized carbons (Fsp3) is 0.167. The number of anilines is 1. The minimum atomic E-state index is -0.599. The van der Waals surface area contributed by atoms with Gasteiger partial charge in [-0.25, -0.2) is 4.79 Å². The Morgan fingerprint density at radius 1 is 1.12 bits per heavy atom. The van der Waals surface area contributed by atoms with Gasteiger partial charge in [0.1, 0.15) is 12.2 Å². The van der Waals surface area contributed by atoms with Crippen molar-refractivity contribution in [3.63, 3.8) is 0 Å². The molecular formula is C18H15N3O5. The minimum absolute atomic E-state index is 0.0455. The van der Waals surface area contributed by atoms with E-state index in [9.17, 15) is 19.2 Å². The lowest BCUT2D eigenvalue weighted by molar-refractivity contribution is -0.116. The Labute approximate surface area is 148 Å². The summed E-state index contributed by atoms with van der Waals surface area (Å²) < 4.78 is 4.88. The third-order valence-corrected chi connectivity index (χ3v) is 3.71. The number of carbonyl (C=O) groups is 4.